The number of benzene rings is 1. The molecule has 0 aromatic heterocycles. The van der Waals surface area contributed by atoms with Crippen LogP contribution in [0.5, 0.6) is 0 Å². The van der Waals surface area contributed by atoms with Gasteiger partial charge < -0.3 is 16.0 Å². The minimum atomic E-state index is -0.663. The van der Waals surface area contributed by atoms with E-state index >= 15 is 0 Å². The molecule has 2 rings (SSSR count). The van der Waals surface area contributed by atoms with Crippen molar-refractivity contribution in [2.45, 2.75) is 25.8 Å². The van der Waals surface area contributed by atoms with Gasteiger partial charge in [0, 0.05) is 30.8 Å². The fourth-order valence-electron chi connectivity index (χ4n) is 3.09. The molecule has 1 heterocycles. The molecule has 2 atom stereocenters. The summed E-state index contributed by atoms with van der Waals surface area (Å²) in [5.74, 6) is 0.104. The number of likely N-dealkylation sites (tertiary alicyclic amines) is 1. The van der Waals surface area contributed by atoms with E-state index in [4.69, 9.17) is 5.73 Å². The fourth-order valence-corrected chi connectivity index (χ4v) is 3.57. The monoisotopic (exact) mass is 430 g/mol. The summed E-state index contributed by atoms with van der Waals surface area (Å²) >= 11 is 1.59. The smallest absolute Gasteiger partial charge is 0.270 e. The number of nitrogens with zero attached hydrogens (tertiary/aromatic N) is 2. The highest BCUT2D eigenvalue weighted by molar-refractivity contribution is 7.98. The third-order valence-corrected chi connectivity index (χ3v) is 5.54. The molecule has 1 saturated heterocycles. The van der Waals surface area contributed by atoms with Crippen LogP contribution in [0.4, 0.5) is 5.69 Å². The number of amides is 2. The van der Waals surface area contributed by atoms with Crippen molar-refractivity contribution in [2.75, 3.05) is 31.6 Å². The van der Waals surface area contributed by atoms with Crippen molar-refractivity contribution in [3.8, 4) is 0 Å². The van der Waals surface area contributed by atoms with Crippen LogP contribution in [0.1, 0.15) is 30.1 Å². The zero-order valence-corrected chi connectivity index (χ0v) is 17.7. The summed E-state index contributed by atoms with van der Waals surface area (Å²) in [4.78, 5) is 37.6. The molecule has 8 nitrogen and oxygen atoms in total. The van der Waals surface area contributed by atoms with Crippen molar-refractivity contribution in [1.82, 2.24) is 10.2 Å². The zero-order valence-electron chi connectivity index (χ0n) is 16.1. The van der Waals surface area contributed by atoms with Crippen molar-refractivity contribution in [3.05, 3.63) is 39.9 Å². The number of carbonyl (C=O) groups is 2. The number of nitrogens with two attached hydrogens (primary N) is 1. The Hall–Kier alpha value is -1.84. The minimum absolute atomic E-state index is 0. The van der Waals surface area contributed by atoms with Gasteiger partial charge in [0.2, 0.25) is 5.91 Å². The molecule has 0 saturated carbocycles. The Morgan fingerprint density at radius 2 is 2.18 bits per heavy atom. The molecule has 156 valence electrons. The second-order valence-electron chi connectivity index (χ2n) is 7.14. The summed E-state index contributed by atoms with van der Waals surface area (Å²) < 4.78 is 0. The van der Waals surface area contributed by atoms with Gasteiger partial charge >= 0.3 is 0 Å². The Bertz CT molecular complexity index is 721. The van der Waals surface area contributed by atoms with E-state index in [2.05, 4.69) is 12.2 Å². The number of thioether (sulfide) groups is 1. The van der Waals surface area contributed by atoms with E-state index in [1.165, 1.54) is 24.3 Å². The lowest BCUT2D eigenvalue weighted by Gasteiger charge is -2.26. The molecule has 0 bridgehead atoms. The van der Waals surface area contributed by atoms with Crippen molar-refractivity contribution >= 4 is 41.7 Å². The Balaban J connectivity index is 0.00000392. The van der Waals surface area contributed by atoms with Gasteiger partial charge in [-0.05, 0) is 42.9 Å². The summed E-state index contributed by atoms with van der Waals surface area (Å²) in [5, 5.41) is 13.7. The standard InChI is InChI=1S/C18H26N4O4S.ClH/c1-18(11-19)7-8-21(12-18)17(24)15(6-9-27-2)20-16(23)13-4-3-5-14(10-13)22(25)26;/h3-5,10,15H,6-9,11-12,19H2,1-2H3,(H,20,23);1H. The molecule has 3 N–H and O–H groups in total. The number of nitrogens with one attached hydrogen (secondary N) is 1. The predicted molar refractivity (Wildman–Crippen MR) is 113 cm³/mol. The van der Waals surface area contributed by atoms with Crippen LogP contribution < -0.4 is 11.1 Å². The molecule has 0 spiro atoms. The summed E-state index contributed by atoms with van der Waals surface area (Å²) in [6.45, 7) is 3.75. The number of rotatable bonds is 8. The number of nitro groups is 1. The van der Waals surface area contributed by atoms with E-state index in [-0.39, 0.29) is 35.0 Å². The first-order chi connectivity index (χ1) is 12.8. The molecule has 0 aliphatic carbocycles. The zero-order chi connectivity index (χ0) is 20.0. The van der Waals surface area contributed by atoms with Gasteiger partial charge in [0.05, 0.1) is 4.92 Å². The van der Waals surface area contributed by atoms with Crippen LogP contribution in [-0.4, -0.2) is 59.3 Å². The summed E-state index contributed by atoms with van der Waals surface area (Å²) in [6, 6.07) is 4.83. The maximum atomic E-state index is 12.9. The number of halogens is 1. The molecule has 1 aromatic carbocycles. The number of nitro benzene ring substituents is 1. The van der Waals surface area contributed by atoms with E-state index in [1.807, 2.05) is 6.26 Å². The maximum Gasteiger partial charge on any atom is 0.270 e. The lowest BCUT2D eigenvalue weighted by atomic mass is 9.90. The number of hydrogen-bond donors (Lipinski definition) is 2. The maximum absolute atomic E-state index is 12.9. The molecule has 1 fully saturated rings. The average molecular weight is 431 g/mol. The van der Waals surface area contributed by atoms with Crippen molar-refractivity contribution in [3.63, 3.8) is 0 Å². The second-order valence-corrected chi connectivity index (χ2v) is 8.13. The molecule has 2 amide bonds. The molecule has 28 heavy (non-hydrogen) atoms. The molecule has 10 heteroatoms. The van der Waals surface area contributed by atoms with E-state index < -0.39 is 16.9 Å². The van der Waals surface area contributed by atoms with Crippen molar-refractivity contribution in [2.24, 2.45) is 11.1 Å². The summed E-state index contributed by atoms with van der Waals surface area (Å²) in [5.41, 5.74) is 5.73. The third kappa shape index (κ3) is 6.08. The SMILES string of the molecule is CSCCC(NC(=O)c1cccc([N+](=O)[O-])c1)C(=O)N1CCC(C)(CN)C1.Cl. The van der Waals surface area contributed by atoms with E-state index in [0.717, 1.165) is 6.42 Å². The van der Waals surface area contributed by atoms with Gasteiger partial charge in [0.25, 0.3) is 11.6 Å². The van der Waals surface area contributed by atoms with Crippen LogP contribution in [0.3, 0.4) is 0 Å². The Kier molecular flexibility index (Phi) is 9.19. The van der Waals surface area contributed by atoms with Crippen molar-refractivity contribution in [1.29, 1.82) is 0 Å². The molecular formula is C18H27ClN4O4S. The van der Waals surface area contributed by atoms with E-state index in [1.54, 1.807) is 16.7 Å². The normalized spacial score (nSPS) is 19.6. The fraction of sp³-hybridized carbons (Fsp3) is 0.556. The van der Waals surface area contributed by atoms with Gasteiger partial charge in [-0.15, -0.1) is 12.4 Å². The minimum Gasteiger partial charge on any atom is -0.340 e. The van der Waals surface area contributed by atoms with Gasteiger partial charge in [-0.25, -0.2) is 0 Å². The molecule has 1 aromatic rings. The quantitative estimate of drug-likeness (QED) is 0.481. The Labute approximate surface area is 175 Å². The van der Waals surface area contributed by atoms with Gasteiger partial charge in [0.15, 0.2) is 0 Å². The lowest BCUT2D eigenvalue weighted by molar-refractivity contribution is -0.384. The average Bonchev–Trinajstić information content (AvgIpc) is 3.07. The number of hydrogen-bond acceptors (Lipinski definition) is 6. The summed E-state index contributed by atoms with van der Waals surface area (Å²) in [7, 11) is 0. The van der Waals surface area contributed by atoms with Crippen LogP contribution in [0.2, 0.25) is 0 Å². The van der Waals surface area contributed by atoms with Gasteiger partial charge in [-0.3, -0.25) is 19.7 Å². The highest BCUT2D eigenvalue weighted by atomic mass is 35.5. The molecule has 1 aliphatic rings. The first kappa shape index (κ1) is 24.2. The van der Waals surface area contributed by atoms with Crippen LogP contribution in [0.15, 0.2) is 24.3 Å². The lowest BCUT2D eigenvalue weighted by Crippen LogP contribution is -2.49. The Morgan fingerprint density at radius 1 is 1.46 bits per heavy atom. The second kappa shape index (κ2) is 10.6. The van der Waals surface area contributed by atoms with Crippen LogP contribution >= 0.6 is 24.2 Å². The number of carbonyl (C=O) groups excluding carboxylic acids is 2. The van der Waals surface area contributed by atoms with E-state index in [9.17, 15) is 19.7 Å². The van der Waals surface area contributed by atoms with Gasteiger partial charge in [0.1, 0.15) is 6.04 Å². The van der Waals surface area contributed by atoms with E-state index in [0.29, 0.717) is 31.8 Å². The molecule has 0 radical (unpaired) electrons. The number of non-ortho nitro benzene ring substituents is 1. The van der Waals surface area contributed by atoms with Crippen LogP contribution in [0, 0.1) is 15.5 Å². The summed E-state index contributed by atoms with van der Waals surface area (Å²) in [6.07, 6.45) is 3.27. The van der Waals surface area contributed by atoms with Crippen LogP contribution in [-0.2, 0) is 4.79 Å². The third-order valence-electron chi connectivity index (χ3n) is 4.90. The highest BCUT2D eigenvalue weighted by Crippen LogP contribution is 2.29. The predicted octanol–water partition coefficient (Wildman–Crippen LogP) is 2.07. The Morgan fingerprint density at radius 3 is 2.75 bits per heavy atom. The van der Waals surface area contributed by atoms with Gasteiger partial charge in [-0.2, -0.15) is 11.8 Å². The molecular weight excluding hydrogens is 404 g/mol. The first-order valence-electron chi connectivity index (χ1n) is 8.83. The largest absolute Gasteiger partial charge is 0.340 e. The van der Waals surface area contributed by atoms with Crippen LogP contribution in [0.25, 0.3) is 0 Å². The topological polar surface area (TPSA) is 119 Å². The highest BCUT2D eigenvalue weighted by Gasteiger charge is 2.37. The molecule has 2 unspecified atom stereocenters. The van der Waals surface area contributed by atoms with Crippen molar-refractivity contribution < 1.29 is 14.5 Å². The molecule has 1 aliphatic heterocycles. The van der Waals surface area contributed by atoms with Gasteiger partial charge in [-0.1, -0.05) is 13.0 Å². The first-order valence-corrected chi connectivity index (χ1v) is 10.2.